The van der Waals surface area contributed by atoms with E-state index in [0.29, 0.717) is 0 Å². The average molecular weight is 359 g/mol. The van der Waals surface area contributed by atoms with E-state index in [0.717, 1.165) is 57.5 Å². The number of likely N-dealkylation sites (N-methyl/N-ethyl adjacent to an activating group) is 1. The zero-order chi connectivity index (χ0) is 18.2. The minimum Gasteiger partial charge on any atom is -0.306 e. The second kappa shape index (κ2) is 6.89. The first-order valence-corrected chi connectivity index (χ1v) is 9.33. The molecule has 0 bridgehead atoms. The lowest BCUT2D eigenvalue weighted by Crippen LogP contribution is -2.48. The number of hydrogen-bond acceptors (Lipinski definition) is 3. The number of nitrogens with zero attached hydrogens (tertiary/aromatic N) is 3. The highest BCUT2D eigenvalue weighted by atomic mass is 19.4. The van der Waals surface area contributed by atoms with Gasteiger partial charge in [0, 0.05) is 32.5 Å². The van der Waals surface area contributed by atoms with Crippen LogP contribution in [0.1, 0.15) is 51.4 Å². The fraction of sp³-hybridized carbons (Fsp3) is 0.889. The fourth-order valence-electron chi connectivity index (χ4n) is 4.51. The van der Waals surface area contributed by atoms with Crippen LogP contribution in [0.25, 0.3) is 0 Å². The van der Waals surface area contributed by atoms with Crippen LogP contribution in [0.15, 0.2) is 4.99 Å². The van der Waals surface area contributed by atoms with Gasteiger partial charge in [0.2, 0.25) is 0 Å². The molecular formula is C18H28F3N3O. The molecule has 1 amide bonds. The minimum absolute atomic E-state index is 0.106. The summed E-state index contributed by atoms with van der Waals surface area (Å²) in [5.74, 6) is 1.35. The van der Waals surface area contributed by atoms with Gasteiger partial charge in [0.25, 0.3) is 5.91 Å². The maximum Gasteiger partial charge on any atom is 0.389 e. The monoisotopic (exact) mass is 359 g/mol. The maximum atomic E-state index is 12.8. The van der Waals surface area contributed by atoms with Crippen LogP contribution in [0.5, 0.6) is 0 Å². The number of amidine groups is 1. The summed E-state index contributed by atoms with van der Waals surface area (Å²) in [4.78, 5) is 21.6. The molecule has 2 heterocycles. The summed E-state index contributed by atoms with van der Waals surface area (Å²) in [5.41, 5.74) is -0.580. The van der Waals surface area contributed by atoms with Gasteiger partial charge in [-0.25, -0.2) is 0 Å². The smallest absolute Gasteiger partial charge is 0.306 e. The van der Waals surface area contributed by atoms with Crippen molar-refractivity contribution < 1.29 is 18.0 Å². The van der Waals surface area contributed by atoms with Gasteiger partial charge in [-0.15, -0.1) is 0 Å². The molecule has 3 rings (SSSR count). The van der Waals surface area contributed by atoms with Crippen molar-refractivity contribution in [2.45, 2.75) is 63.1 Å². The minimum atomic E-state index is -4.06. The lowest BCUT2D eigenvalue weighted by atomic mass is 9.79. The molecule has 3 aliphatic rings. The predicted molar refractivity (Wildman–Crippen MR) is 90.4 cm³/mol. The highest BCUT2D eigenvalue weighted by Crippen LogP contribution is 2.40. The fourth-order valence-corrected chi connectivity index (χ4v) is 4.51. The van der Waals surface area contributed by atoms with Crippen molar-refractivity contribution in [3.05, 3.63) is 0 Å². The van der Waals surface area contributed by atoms with Crippen molar-refractivity contribution in [3.8, 4) is 0 Å². The molecule has 0 N–H and O–H groups in total. The first kappa shape index (κ1) is 18.7. The topological polar surface area (TPSA) is 35.9 Å². The van der Waals surface area contributed by atoms with Crippen molar-refractivity contribution in [3.63, 3.8) is 0 Å². The number of amides is 1. The third-order valence-corrected chi connectivity index (χ3v) is 6.24. The molecule has 1 spiro atoms. The quantitative estimate of drug-likeness (QED) is 0.774. The van der Waals surface area contributed by atoms with E-state index in [2.05, 4.69) is 11.9 Å². The molecule has 25 heavy (non-hydrogen) atoms. The summed E-state index contributed by atoms with van der Waals surface area (Å²) in [6.07, 6.45) is 0.304. The Hall–Kier alpha value is -1.11. The van der Waals surface area contributed by atoms with E-state index in [-0.39, 0.29) is 24.2 Å². The van der Waals surface area contributed by atoms with Gasteiger partial charge in [0.15, 0.2) is 0 Å². The van der Waals surface area contributed by atoms with E-state index in [1.54, 1.807) is 4.90 Å². The summed E-state index contributed by atoms with van der Waals surface area (Å²) in [5, 5.41) is 0. The highest BCUT2D eigenvalue weighted by molar-refractivity contribution is 6.08. The van der Waals surface area contributed by atoms with E-state index in [1.165, 1.54) is 0 Å². The molecule has 0 radical (unpaired) electrons. The molecule has 1 aliphatic carbocycles. The molecule has 0 atom stereocenters. The number of piperidine rings is 1. The number of halogens is 3. The zero-order valence-corrected chi connectivity index (χ0v) is 15.1. The van der Waals surface area contributed by atoms with Crippen LogP contribution in [0.2, 0.25) is 0 Å². The molecule has 0 aromatic carbocycles. The Balaban J connectivity index is 1.60. The van der Waals surface area contributed by atoms with Crippen LogP contribution in [0.3, 0.4) is 0 Å². The van der Waals surface area contributed by atoms with Gasteiger partial charge in [-0.3, -0.25) is 9.79 Å². The van der Waals surface area contributed by atoms with Gasteiger partial charge in [-0.2, -0.15) is 13.2 Å². The number of aliphatic imine (C=N–C) groups is 1. The van der Waals surface area contributed by atoms with E-state index < -0.39 is 18.1 Å². The standard InChI is InChI=1S/C18H28F3N3O/c1-23-11-9-17(10-12-23)16(25)24(2)15(22-17)14-5-3-13(4-6-14)7-8-18(19,20)21/h13-14H,3-12H2,1-2H3. The number of likely N-dealkylation sites (tertiary alicyclic amines) is 1. The van der Waals surface area contributed by atoms with Crippen LogP contribution in [-0.4, -0.2) is 60.4 Å². The van der Waals surface area contributed by atoms with E-state index in [4.69, 9.17) is 4.99 Å². The van der Waals surface area contributed by atoms with Crippen molar-refractivity contribution >= 4 is 11.7 Å². The van der Waals surface area contributed by atoms with E-state index in [1.807, 2.05) is 7.05 Å². The first-order chi connectivity index (χ1) is 11.7. The molecule has 0 aromatic rings. The van der Waals surface area contributed by atoms with Gasteiger partial charge < -0.3 is 9.80 Å². The van der Waals surface area contributed by atoms with E-state index in [9.17, 15) is 18.0 Å². The second-order valence-electron chi connectivity index (χ2n) is 8.04. The van der Waals surface area contributed by atoms with Crippen molar-refractivity contribution in [1.29, 1.82) is 0 Å². The summed E-state index contributed by atoms with van der Waals surface area (Å²) in [6.45, 7) is 1.75. The summed E-state index contributed by atoms with van der Waals surface area (Å²) in [7, 11) is 3.87. The van der Waals surface area contributed by atoms with Crippen LogP contribution in [0, 0.1) is 11.8 Å². The lowest BCUT2D eigenvalue weighted by Gasteiger charge is -2.33. The van der Waals surface area contributed by atoms with Crippen LogP contribution in [0.4, 0.5) is 13.2 Å². The van der Waals surface area contributed by atoms with Gasteiger partial charge in [0.05, 0.1) is 0 Å². The van der Waals surface area contributed by atoms with Gasteiger partial charge in [-0.1, -0.05) is 0 Å². The molecule has 2 fully saturated rings. The number of carbonyl (C=O) groups excluding carboxylic acids is 1. The third-order valence-electron chi connectivity index (χ3n) is 6.24. The van der Waals surface area contributed by atoms with Crippen LogP contribution < -0.4 is 0 Å². The molecule has 1 saturated heterocycles. The van der Waals surface area contributed by atoms with Crippen LogP contribution >= 0.6 is 0 Å². The maximum absolute atomic E-state index is 12.8. The molecule has 0 unspecified atom stereocenters. The Labute approximate surface area is 147 Å². The Kier molecular flexibility index (Phi) is 5.15. The number of carbonyl (C=O) groups is 1. The molecule has 1 saturated carbocycles. The zero-order valence-electron chi connectivity index (χ0n) is 15.1. The molecule has 2 aliphatic heterocycles. The van der Waals surface area contributed by atoms with Gasteiger partial charge in [-0.05, 0) is 57.9 Å². The van der Waals surface area contributed by atoms with Gasteiger partial charge in [0.1, 0.15) is 11.4 Å². The summed E-state index contributed by atoms with van der Waals surface area (Å²) in [6, 6.07) is 0. The Morgan fingerprint density at radius 3 is 2.28 bits per heavy atom. The first-order valence-electron chi connectivity index (χ1n) is 9.33. The Morgan fingerprint density at radius 1 is 1.12 bits per heavy atom. The SMILES string of the molecule is CN1CCC2(CC1)N=C(C1CCC(CCC(F)(F)F)CC1)N(C)C2=O. The molecule has 142 valence electrons. The molecular weight excluding hydrogens is 331 g/mol. The Bertz CT molecular complexity index is 530. The highest BCUT2D eigenvalue weighted by Gasteiger charge is 2.49. The summed E-state index contributed by atoms with van der Waals surface area (Å²) < 4.78 is 37.2. The summed E-state index contributed by atoms with van der Waals surface area (Å²) >= 11 is 0. The molecule has 0 aromatic heterocycles. The van der Waals surface area contributed by atoms with Crippen molar-refractivity contribution in [2.24, 2.45) is 16.8 Å². The number of alkyl halides is 3. The lowest BCUT2D eigenvalue weighted by molar-refractivity contribution is -0.138. The van der Waals surface area contributed by atoms with Crippen molar-refractivity contribution in [2.75, 3.05) is 27.2 Å². The predicted octanol–water partition coefficient (Wildman–Crippen LogP) is 3.47. The normalized spacial score (nSPS) is 30.8. The Morgan fingerprint density at radius 2 is 1.72 bits per heavy atom. The van der Waals surface area contributed by atoms with Crippen molar-refractivity contribution in [1.82, 2.24) is 9.80 Å². The average Bonchev–Trinajstić information content (AvgIpc) is 2.81. The van der Waals surface area contributed by atoms with E-state index >= 15 is 0 Å². The molecule has 4 nitrogen and oxygen atoms in total. The third kappa shape index (κ3) is 4.01. The number of rotatable bonds is 3. The largest absolute Gasteiger partial charge is 0.389 e. The van der Waals surface area contributed by atoms with Gasteiger partial charge >= 0.3 is 6.18 Å². The number of hydrogen-bond donors (Lipinski definition) is 0. The van der Waals surface area contributed by atoms with Crippen LogP contribution in [-0.2, 0) is 4.79 Å². The molecule has 7 heteroatoms. The second-order valence-corrected chi connectivity index (χ2v) is 8.04.